The summed E-state index contributed by atoms with van der Waals surface area (Å²) < 4.78 is 56.9. The molecule has 0 N–H and O–H groups in total. The van der Waals surface area contributed by atoms with E-state index in [1.165, 1.54) is 0 Å². The van der Waals surface area contributed by atoms with Gasteiger partial charge in [0.05, 0.1) is 0 Å². The van der Waals surface area contributed by atoms with Crippen LogP contribution in [-0.2, 0) is 14.3 Å². The Labute approximate surface area is 74.2 Å². The second kappa shape index (κ2) is 4.35. The van der Waals surface area contributed by atoms with Crippen molar-refractivity contribution in [2.75, 3.05) is 6.61 Å². The maximum absolute atomic E-state index is 11.3. The zero-order valence-electron chi connectivity index (χ0n) is 5.68. The van der Waals surface area contributed by atoms with Gasteiger partial charge in [-0.05, 0) is 0 Å². The molecule has 0 aromatic rings. The van der Waals surface area contributed by atoms with E-state index in [-0.39, 0.29) is 18.9 Å². The van der Waals surface area contributed by atoms with Crippen molar-refractivity contribution in [3.63, 3.8) is 0 Å². The van der Waals surface area contributed by atoms with Gasteiger partial charge < -0.3 is 6.92 Å². The van der Waals surface area contributed by atoms with Crippen molar-refractivity contribution in [3.8, 4) is 0 Å². The van der Waals surface area contributed by atoms with Gasteiger partial charge in [0.25, 0.3) is 0 Å². The van der Waals surface area contributed by atoms with E-state index < -0.39 is 22.2 Å². The first-order chi connectivity index (χ1) is 4.31. The maximum atomic E-state index is 11.3. The van der Waals surface area contributed by atoms with Crippen LogP contribution in [-0.4, -0.2) is 20.5 Å². The number of alkyl halides is 3. The van der Waals surface area contributed by atoms with Crippen LogP contribution >= 0.6 is 0 Å². The predicted molar refractivity (Wildman–Crippen MR) is 26.3 cm³/mol. The van der Waals surface area contributed by atoms with Crippen LogP contribution in [0.2, 0.25) is 0 Å². The smallest absolute Gasteiger partial charge is 0.317 e. The molecule has 0 saturated carbocycles. The summed E-state index contributed by atoms with van der Waals surface area (Å²) in [6.07, 6.45) is 0. The second-order valence-electron chi connectivity index (χ2n) is 1.22. The summed E-state index contributed by atoms with van der Waals surface area (Å²) in [5.41, 5.74) is -5.34. The first-order valence-corrected chi connectivity index (χ1v) is 3.47. The Kier molecular flexibility index (Phi) is 5.49. The first-order valence-electron chi connectivity index (χ1n) is 2.06. The molecule has 0 amide bonds. The summed E-state index contributed by atoms with van der Waals surface area (Å²) >= 11 is 0. The molecule has 0 heterocycles. The van der Waals surface area contributed by atoms with Crippen molar-refractivity contribution in [2.45, 2.75) is 5.51 Å². The van der Waals surface area contributed by atoms with E-state index in [9.17, 15) is 21.6 Å². The van der Waals surface area contributed by atoms with Crippen molar-refractivity contribution in [3.05, 3.63) is 6.92 Å². The molecule has 0 aliphatic carbocycles. The van der Waals surface area contributed by atoms with Crippen LogP contribution in [0.4, 0.5) is 13.2 Å². The quantitative estimate of drug-likeness (QED) is 0.209. The summed E-state index contributed by atoms with van der Waals surface area (Å²) in [6, 6.07) is 0. The van der Waals surface area contributed by atoms with Crippen molar-refractivity contribution in [1.82, 2.24) is 0 Å². The molecule has 0 bridgehead atoms. The Hall–Kier alpha value is 0.297. The third kappa shape index (κ3) is 4.01. The van der Waals surface area contributed by atoms with Gasteiger partial charge in [-0.25, -0.2) is 0 Å². The molecule has 0 aliphatic heterocycles. The molecule has 8 heteroatoms. The second-order valence-corrected chi connectivity index (χ2v) is 2.83. The van der Waals surface area contributed by atoms with Crippen molar-refractivity contribution >= 4 is 10.1 Å². The molecule has 0 unspecified atom stereocenters. The summed E-state index contributed by atoms with van der Waals surface area (Å²) in [7, 11) is -5.41. The molecule has 0 aliphatic rings. The van der Waals surface area contributed by atoms with Gasteiger partial charge in [-0.3, -0.25) is 4.18 Å². The maximum Gasteiger partial charge on any atom is 1.00 e. The van der Waals surface area contributed by atoms with Crippen LogP contribution in [0.3, 0.4) is 0 Å². The van der Waals surface area contributed by atoms with Gasteiger partial charge in [-0.1, -0.05) is 6.61 Å². The van der Waals surface area contributed by atoms with E-state index in [4.69, 9.17) is 0 Å². The normalized spacial score (nSPS) is 12.4. The third-order valence-electron chi connectivity index (χ3n) is 0.522. The molecule has 0 saturated heterocycles. The Morgan fingerprint density at radius 2 is 1.73 bits per heavy atom. The molecule has 3 nitrogen and oxygen atoms in total. The summed E-state index contributed by atoms with van der Waals surface area (Å²) in [6.45, 7) is 2.02. The first kappa shape index (κ1) is 13.9. The van der Waals surface area contributed by atoms with Gasteiger partial charge >= 0.3 is 34.5 Å². The molecule has 0 spiro atoms. The summed E-state index contributed by atoms with van der Waals surface area (Å²) in [4.78, 5) is 0. The standard InChI is InChI=1S/C3H4F3O3S.Li/c1-2-9-10(7,8)3(4,5)6;/h1-2H2;/q-1;+1. The Bertz CT molecular complexity index is 196. The fourth-order valence-electron chi connectivity index (χ4n) is 0.177. The molecule has 62 valence electrons. The number of rotatable bonds is 2. The van der Waals surface area contributed by atoms with Crippen LogP contribution in [0.5, 0.6) is 0 Å². The van der Waals surface area contributed by atoms with Gasteiger partial charge in [0.1, 0.15) is 0 Å². The Balaban J connectivity index is 0. The van der Waals surface area contributed by atoms with Crippen LogP contribution in [0.1, 0.15) is 0 Å². The van der Waals surface area contributed by atoms with Gasteiger partial charge in [0.15, 0.2) is 0 Å². The molecular formula is C3H4F3LiO3S. The molecule has 0 radical (unpaired) electrons. The van der Waals surface area contributed by atoms with Crippen LogP contribution < -0.4 is 18.9 Å². The minimum atomic E-state index is -5.41. The van der Waals surface area contributed by atoms with Crippen molar-refractivity contribution in [2.24, 2.45) is 0 Å². The number of hydrogen-bond acceptors (Lipinski definition) is 3. The summed E-state index contributed by atoms with van der Waals surface area (Å²) in [5, 5.41) is 0. The van der Waals surface area contributed by atoms with E-state index in [0.717, 1.165) is 0 Å². The fraction of sp³-hybridized carbons (Fsp3) is 0.667. The van der Waals surface area contributed by atoms with Crippen LogP contribution in [0.15, 0.2) is 0 Å². The molecular weight excluding hydrogens is 180 g/mol. The average Bonchev–Trinajstić information content (AvgIpc) is 1.61. The zero-order chi connectivity index (χ0) is 8.41. The molecule has 0 aromatic carbocycles. The Morgan fingerprint density at radius 3 is 1.82 bits per heavy atom. The van der Waals surface area contributed by atoms with Gasteiger partial charge in [-0.2, -0.15) is 21.6 Å². The molecule has 0 fully saturated rings. The average molecular weight is 184 g/mol. The number of hydrogen-bond donors (Lipinski definition) is 0. The third-order valence-corrected chi connectivity index (χ3v) is 1.57. The van der Waals surface area contributed by atoms with Crippen LogP contribution in [0.25, 0.3) is 0 Å². The zero-order valence-corrected chi connectivity index (χ0v) is 6.50. The van der Waals surface area contributed by atoms with E-state index in [1.54, 1.807) is 0 Å². The van der Waals surface area contributed by atoms with E-state index in [2.05, 4.69) is 11.1 Å². The molecule has 0 atom stereocenters. The minimum Gasteiger partial charge on any atom is -0.317 e. The van der Waals surface area contributed by atoms with Gasteiger partial charge in [-0.15, -0.1) is 0 Å². The molecule has 0 aromatic heterocycles. The molecule has 11 heavy (non-hydrogen) atoms. The largest absolute Gasteiger partial charge is 1.00 e. The molecule has 0 rings (SSSR count). The minimum absolute atomic E-state index is 0. The SMILES string of the molecule is [CH2-]COS(=O)(=O)C(F)(F)F.[Li+]. The fourth-order valence-corrected chi connectivity index (χ4v) is 0.530. The number of halogens is 3. The van der Waals surface area contributed by atoms with Gasteiger partial charge in [0.2, 0.25) is 0 Å². The van der Waals surface area contributed by atoms with Crippen LogP contribution in [0, 0.1) is 6.92 Å². The van der Waals surface area contributed by atoms with E-state index >= 15 is 0 Å². The predicted octanol–water partition coefficient (Wildman–Crippen LogP) is -2.31. The van der Waals surface area contributed by atoms with E-state index in [1.807, 2.05) is 0 Å². The Morgan fingerprint density at radius 1 is 1.36 bits per heavy atom. The topological polar surface area (TPSA) is 43.4 Å². The summed E-state index contributed by atoms with van der Waals surface area (Å²) in [5.74, 6) is 0. The van der Waals surface area contributed by atoms with Gasteiger partial charge in [0, 0.05) is 0 Å². The van der Waals surface area contributed by atoms with E-state index in [0.29, 0.717) is 0 Å². The van der Waals surface area contributed by atoms with Crippen molar-refractivity contribution < 1.29 is 44.6 Å². The monoisotopic (exact) mass is 184 g/mol. The van der Waals surface area contributed by atoms with Crippen molar-refractivity contribution in [1.29, 1.82) is 0 Å².